The molecule has 0 bridgehead atoms. The van der Waals surface area contributed by atoms with Crippen molar-refractivity contribution in [1.29, 1.82) is 0 Å². The van der Waals surface area contributed by atoms with Crippen LogP contribution >= 0.6 is 0 Å². The molecule has 0 saturated heterocycles. The van der Waals surface area contributed by atoms with Gasteiger partial charge in [0.2, 0.25) is 0 Å². The monoisotopic (exact) mass is 276 g/mol. The molecule has 1 spiro atoms. The Morgan fingerprint density at radius 1 is 1.15 bits per heavy atom. The molecule has 0 aromatic carbocycles. The Bertz CT molecular complexity index is 461. The van der Waals surface area contributed by atoms with Crippen LogP contribution in [0.1, 0.15) is 69.7 Å². The van der Waals surface area contributed by atoms with Crippen molar-refractivity contribution in [2.75, 3.05) is 0 Å². The highest BCUT2D eigenvalue weighted by Crippen LogP contribution is 2.51. The van der Waals surface area contributed by atoms with E-state index in [1.54, 1.807) is 0 Å². The minimum absolute atomic E-state index is 0.493. The van der Waals surface area contributed by atoms with Crippen LogP contribution in [-0.4, -0.2) is 20.5 Å². The van der Waals surface area contributed by atoms with Gasteiger partial charge in [0.1, 0.15) is 0 Å². The molecule has 0 unspecified atom stereocenters. The third-order valence-corrected chi connectivity index (χ3v) is 5.81. The van der Waals surface area contributed by atoms with Crippen molar-refractivity contribution in [3.05, 3.63) is 17.5 Å². The summed E-state index contributed by atoms with van der Waals surface area (Å²) in [7, 11) is 2.00. The van der Waals surface area contributed by atoms with Crippen LogP contribution in [0.3, 0.4) is 0 Å². The van der Waals surface area contributed by atoms with Crippen LogP contribution in [0.2, 0.25) is 0 Å². The van der Waals surface area contributed by atoms with Crippen molar-refractivity contribution in [2.45, 2.75) is 76.7 Å². The fourth-order valence-corrected chi connectivity index (χ4v) is 4.29. The zero-order valence-corrected chi connectivity index (χ0v) is 13.0. The van der Waals surface area contributed by atoms with Crippen molar-refractivity contribution in [1.82, 2.24) is 9.78 Å². The minimum atomic E-state index is -0.493. The topological polar surface area (TPSA) is 38.0 Å². The van der Waals surface area contributed by atoms with E-state index < -0.39 is 5.60 Å². The molecule has 3 heteroatoms. The van der Waals surface area contributed by atoms with Gasteiger partial charge in [-0.15, -0.1) is 0 Å². The van der Waals surface area contributed by atoms with E-state index >= 15 is 0 Å². The van der Waals surface area contributed by atoms with Gasteiger partial charge in [-0.3, -0.25) is 4.68 Å². The summed E-state index contributed by atoms with van der Waals surface area (Å²) in [5.74, 6) is 0. The first kappa shape index (κ1) is 14.1. The Morgan fingerprint density at radius 3 is 2.35 bits per heavy atom. The zero-order chi connectivity index (χ0) is 14.2. The Hall–Kier alpha value is -0.830. The van der Waals surface area contributed by atoms with Gasteiger partial charge in [-0.2, -0.15) is 5.10 Å². The van der Waals surface area contributed by atoms with Crippen LogP contribution in [0.25, 0.3) is 0 Å². The number of rotatable bonds is 3. The van der Waals surface area contributed by atoms with Crippen LogP contribution in [0.5, 0.6) is 0 Å². The molecule has 20 heavy (non-hydrogen) atoms. The first-order valence-corrected chi connectivity index (χ1v) is 8.28. The maximum atomic E-state index is 10.9. The molecule has 3 rings (SSSR count). The molecule has 1 aromatic heterocycles. The van der Waals surface area contributed by atoms with Crippen molar-refractivity contribution in [2.24, 2.45) is 12.5 Å². The van der Waals surface area contributed by atoms with E-state index in [4.69, 9.17) is 0 Å². The molecule has 2 aliphatic rings. The molecule has 2 aliphatic carbocycles. The number of hydrogen-bond donors (Lipinski definition) is 1. The van der Waals surface area contributed by atoms with Gasteiger partial charge >= 0.3 is 0 Å². The van der Waals surface area contributed by atoms with E-state index in [-0.39, 0.29) is 0 Å². The molecule has 0 aliphatic heterocycles. The van der Waals surface area contributed by atoms with Crippen LogP contribution in [0.4, 0.5) is 0 Å². The zero-order valence-electron chi connectivity index (χ0n) is 13.0. The molecular formula is C17H28N2O. The summed E-state index contributed by atoms with van der Waals surface area (Å²) >= 11 is 0. The third kappa shape index (κ3) is 2.65. The molecule has 0 radical (unpaired) electrons. The fourth-order valence-electron chi connectivity index (χ4n) is 4.29. The highest BCUT2D eigenvalue weighted by Gasteiger charge is 2.43. The second-order valence-corrected chi connectivity index (χ2v) is 7.21. The molecule has 0 amide bonds. The van der Waals surface area contributed by atoms with Gasteiger partial charge in [0.15, 0.2) is 0 Å². The predicted molar refractivity (Wildman–Crippen MR) is 80.6 cm³/mol. The largest absolute Gasteiger partial charge is 0.389 e. The summed E-state index contributed by atoms with van der Waals surface area (Å²) in [5, 5.41) is 15.4. The Labute approximate surface area is 122 Å². The average molecular weight is 276 g/mol. The summed E-state index contributed by atoms with van der Waals surface area (Å²) in [5.41, 5.74) is 2.42. The first-order valence-electron chi connectivity index (χ1n) is 8.28. The minimum Gasteiger partial charge on any atom is -0.389 e. The van der Waals surface area contributed by atoms with Crippen LogP contribution in [0, 0.1) is 5.41 Å². The lowest BCUT2D eigenvalue weighted by atomic mass is 9.66. The summed E-state index contributed by atoms with van der Waals surface area (Å²) in [6.45, 7) is 2.13. The van der Waals surface area contributed by atoms with Crippen molar-refractivity contribution in [3.8, 4) is 0 Å². The van der Waals surface area contributed by atoms with Crippen molar-refractivity contribution >= 4 is 0 Å². The first-order chi connectivity index (χ1) is 9.54. The lowest BCUT2D eigenvalue weighted by molar-refractivity contribution is -0.0334. The molecule has 0 atom stereocenters. The Balaban J connectivity index is 1.66. The van der Waals surface area contributed by atoms with Crippen LogP contribution < -0.4 is 0 Å². The SMILES string of the molecule is CCc1cc(CC2(O)CCC3(CCCC3)CC2)n(C)n1. The molecule has 112 valence electrons. The maximum absolute atomic E-state index is 10.9. The smallest absolute Gasteiger partial charge is 0.0703 e. The van der Waals surface area contributed by atoms with E-state index in [1.807, 2.05) is 11.7 Å². The molecule has 2 saturated carbocycles. The summed E-state index contributed by atoms with van der Waals surface area (Å²) in [6.07, 6.45) is 11.7. The van der Waals surface area contributed by atoms with E-state index in [0.717, 1.165) is 31.4 Å². The fraction of sp³-hybridized carbons (Fsp3) is 0.824. The third-order valence-electron chi connectivity index (χ3n) is 5.81. The summed E-state index contributed by atoms with van der Waals surface area (Å²) < 4.78 is 1.96. The quantitative estimate of drug-likeness (QED) is 0.919. The van der Waals surface area contributed by atoms with E-state index in [9.17, 15) is 5.11 Å². The number of aromatic nitrogens is 2. The highest BCUT2D eigenvalue weighted by molar-refractivity contribution is 5.13. The molecule has 1 heterocycles. The number of aryl methyl sites for hydroxylation is 2. The van der Waals surface area contributed by atoms with E-state index in [2.05, 4.69) is 18.1 Å². The lowest BCUT2D eigenvalue weighted by Gasteiger charge is -2.42. The molecule has 2 fully saturated rings. The normalized spacial score (nSPS) is 24.4. The average Bonchev–Trinajstić information content (AvgIpc) is 3.02. The van der Waals surface area contributed by atoms with E-state index in [1.165, 1.54) is 44.2 Å². The lowest BCUT2D eigenvalue weighted by Crippen LogP contribution is -2.40. The maximum Gasteiger partial charge on any atom is 0.0703 e. The van der Waals surface area contributed by atoms with Gasteiger partial charge in [0.05, 0.1) is 11.3 Å². The molecule has 3 nitrogen and oxygen atoms in total. The van der Waals surface area contributed by atoms with Gasteiger partial charge in [-0.05, 0) is 56.4 Å². The Kier molecular flexibility index (Phi) is 3.65. The van der Waals surface area contributed by atoms with Gasteiger partial charge < -0.3 is 5.11 Å². The highest BCUT2D eigenvalue weighted by atomic mass is 16.3. The Morgan fingerprint density at radius 2 is 1.80 bits per heavy atom. The predicted octanol–water partition coefficient (Wildman–Crippen LogP) is 3.39. The van der Waals surface area contributed by atoms with Gasteiger partial charge in [-0.1, -0.05) is 19.8 Å². The number of aliphatic hydroxyl groups is 1. The summed E-state index contributed by atoms with van der Waals surface area (Å²) in [4.78, 5) is 0. The van der Waals surface area contributed by atoms with Crippen LogP contribution in [0.15, 0.2) is 6.07 Å². The second-order valence-electron chi connectivity index (χ2n) is 7.21. The van der Waals surface area contributed by atoms with Crippen molar-refractivity contribution < 1.29 is 5.11 Å². The standard InChI is InChI=1S/C17H28N2O/c1-3-14-12-15(19(2)18-14)13-17(20)10-8-16(9-11-17)6-4-5-7-16/h12,20H,3-11,13H2,1-2H3. The van der Waals surface area contributed by atoms with Gasteiger partial charge in [0.25, 0.3) is 0 Å². The summed E-state index contributed by atoms with van der Waals surface area (Å²) in [6, 6.07) is 2.16. The molecule has 1 N–H and O–H groups in total. The molecule has 1 aromatic rings. The van der Waals surface area contributed by atoms with Crippen LogP contribution in [-0.2, 0) is 19.9 Å². The van der Waals surface area contributed by atoms with Gasteiger partial charge in [-0.25, -0.2) is 0 Å². The van der Waals surface area contributed by atoms with E-state index in [0.29, 0.717) is 5.41 Å². The van der Waals surface area contributed by atoms with Crippen molar-refractivity contribution in [3.63, 3.8) is 0 Å². The molecular weight excluding hydrogens is 248 g/mol. The number of nitrogens with zero attached hydrogens (tertiary/aromatic N) is 2. The number of hydrogen-bond acceptors (Lipinski definition) is 2. The van der Waals surface area contributed by atoms with Gasteiger partial charge in [0, 0.05) is 19.2 Å². The second kappa shape index (κ2) is 5.18.